The van der Waals surface area contributed by atoms with Gasteiger partial charge in [-0.25, -0.2) is 4.98 Å². The van der Waals surface area contributed by atoms with E-state index in [1.807, 2.05) is 23.3 Å². The van der Waals surface area contributed by atoms with Crippen molar-refractivity contribution in [1.29, 1.82) is 0 Å². The Bertz CT molecular complexity index is 691. The second kappa shape index (κ2) is 5.50. The fourth-order valence-corrected chi connectivity index (χ4v) is 3.46. The fraction of sp³-hybridized carbons (Fsp3) is 0.500. The summed E-state index contributed by atoms with van der Waals surface area (Å²) in [6.07, 6.45) is 1.54. The minimum absolute atomic E-state index is 0.118. The van der Waals surface area contributed by atoms with Crippen LogP contribution in [0.5, 0.6) is 0 Å². The monoisotopic (exact) mass is 317 g/mol. The normalized spacial score (nSPS) is 27.6. The lowest BCUT2D eigenvalue weighted by molar-refractivity contribution is 0.101. The third-order valence-electron chi connectivity index (χ3n) is 4.68. The number of rotatable bonds is 3. The van der Waals surface area contributed by atoms with E-state index in [1.165, 1.54) is 0 Å². The highest BCUT2D eigenvalue weighted by Crippen LogP contribution is 2.43. The van der Waals surface area contributed by atoms with Crippen LogP contribution in [0, 0.1) is 5.92 Å². The average Bonchev–Trinajstić information content (AvgIpc) is 2.99. The number of imidazole rings is 1. The molecule has 124 valence electrons. The molecule has 2 heterocycles. The predicted octanol–water partition coefficient (Wildman–Crippen LogP) is 0.994. The summed E-state index contributed by atoms with van der Waals surface area (Å²) in [4.78, 5) is 10.8. The smallest absolute Gasteiger partial charge is 0.202 e. The molecule has 0 spiro atoms. The quantitative estimate of drug-likeness (QED) is 0.722. The van der Waals surface area contributed by atoms with E-state index in [1.54, 1.807) is 6.33 Å². The number of hydrogen-bond donors (Lipinski definition) is 3. The number of guanidine groups is 1. The van der Waals surface area contributed by atoms with Crippen LogP contribution in [0.3, 0.4) is 0 Å². The van der Waals surface area contributed by atoms with E-state index < -0.39 is 6.10 Å². The number of aliphatic hydroxyl groups is 2. The third kappa shape index (κ3) is 2.27. The molecule has 1 saturated carbocycles. The molecule has 0 bridgehead atoms. The third-order valence-corrected chi connectivity index (χ3v) is 4.68. The zero-order valence-corrected chi connectivity index (χ0v) is 13.5. The van der Waals surface area contributed by atoms with Crippen LogP contribution in [-0.4, -0.2) is 49.4 Å². The zero-order chi connectivity index (χ0) is 16.9. The number of fused-ring (bicyclic) bond motifs is 1. The van der Waals surface area contributed by atoms with E-state index >= 15 is 0 Å². The number of aromatic nitrogens is 2. The first-order valence-corrected chi connectivity index (χ1v) is 7.73. The Morgan fingerprint density at radius 3 is 2.70 bits per heavy atom. The molecule has 3 rings (SSSR count). The maximum absolute atomic E-state index is 10.1. The van der Waals surface area contributed by atoms with E-state index in [4.69, 9.17) is 5.73 Å². The molecule has 23 heavy (non-hydrogen) atoms. The molecule has 1 aromatic rings. The topological polar surface area (TPSA) is 99.9 Å². The SMILES string of the molecule is C=C1[C@H](CO)[C@@H](O)C[C@@H]1n1cnc2c1N=C(N)N(C(C)C)C2=C. The summed E-state index contributed by atoms with van der Waals surface area (Å²) in [5.41, 5.74) is 8.27. The van der Waals surface area contributed by atoms with Crippen molar-refractivity contribution < 1.29 is 10.2 Å². The maximum atomic E-state index is 10.1. The van der Waals surface area contributed by atoms with Gasteiger partial charge in [-0.2, -0.15) is 4.99 Å². The Hall–Kier alpha value is -2.12. The molecule has 0 radical (unpaired) electrons. The molecule has 0 aromatic carbocycles. The molecule has 7 heteroatoms. The molecule has 0 saturated heterocycles. The number of aliphatic imine (C=N–C) groups is 1. The van der Waals surface area contributed by atoms with Gasteiger partial charge < -0.3 is 25.4 Å². The largest absolute Gasteiger partial charge is 0.396 e. The molecule has 0 amide bonds. The number of aliphatic hydroxyl groups excluding tert-OH is 2. The van der Waals surface area contributed by atoms with Crippen molar-refractivity contribution >= 4 is 17.5 Å². The first-order valence-electron chi connectivity index (χ1n) is 7.73. The van der Waals surface area contributed by atoms with Crippen LogP contribution < -0.4 is 5.73 Å². The molecular weight excluding hydrogens is 294 g/mol. The van der Waals surface area contributed by atoms with Crippen molar-refractivity contribution in [3.05, 3.63) is 30.8 Å². The van der Waals surface area contributed by atoms with Crippen LogP contribution in [0.2, 0.25) is 0 Å². The summed E-state index contributed by atoms with van der Waals surface area (Å²) in [5, 5.41) is 19.5. The van der Waals surface area contributed by atoms with Crippen LogP contribution in [0.25, 0.3) is 5.70 Å². The van der Waals surface area contributed by atoms with E-state index in [9.17, 15) is 10.2 Å². The molecule has 3 atom stereocenters. The van der Waals surface area contributed by atoms with Gasteiger partial charge in [-0.3, -0.25) is 0 Å². The molecule has 1 aromatic heterocycles. The van der Waals surface area contributed by atoms with Crippen molar-refractivity contribution in [2.45, 2.75) is 38.5 Å². The van der Waals surface area contributed by atoms with Gasteiger partial charge in [0.2, 0.25) is 5.96 Å². The first kappa shape index (κ1) is 15.8. The lowest BCUT2D eigenvalue weighted by Gasteiger charge is -2.32. The van der Waals surface area contributed by atoms with E-state index in [-0.39, 0.29) is 24.6 Å². The zero-order valence-electron chi connectivity index (χ0n) is 13.5. The van der Waals surface area contributed by atoms with Crippen molar-refractivity contribution in [3.63, 3.8) is 0 Å². The predicted molar refractivity (Wildman–Crippen MR) is 88.9 cm³/mol. The van der Waals surface area contributed by atoms with Gasteiger partial charge in [-0.15, -0.1) is 0 Å². The summed E-state index contributed by atoms with van der Waals surface area (Å²) in [6, 6.07) is -0.0278. The minimum atomic E-state index is -0.615. The highest BCUT2D eigenvalue weighted by Gasteiger charge is 2.39. The highest BCUT2D eigenvalue weighted by atomic mass is 16.3. The van der Waals surface area contributed by atoms with Gasteiger partial charge in [-0.1, -0.05) is 13.2 Å². The van der Waals surface area contributed by atoms with Crippen LogP contribution in [-0.2, 0) is 0 Å². The number of nitrogens with two attached hydrogens (primary N) is 1. The van der Waals surface area contributed by atoms with Crippen molar-refractivity contribution in [3.8, 4) is 0 Å². The number of nitrogens with zero attached hydrogens (tertiary/aromatic N) is 4. The van der Waals surface area contributed by atoms with Crippen LogP contribution in [0.4, 0.5) is 5.82 Å². The summed E-state index contributed by atoms with van der Waals surface area (Å²) in [7, 11) is 0. The molecular formula is C16H23N5O2. The molecule has 1 aliphatic carbocycles. The Labute approximate surface area is 135 Å². The van der Waals surface area contributed by atoms with E-state index in [0.29, 0.717) is 29.6 Å². The van der Waals surface area contributed by atoms with Crippen molar-refractivity contribution in [2.24, 2.45) is 16.6 Å². The van der Waals surface area contributed by atoms with Crippen molar-refractivity contribution in [1.82, 2.24) is 14.5 Å². The summed E-state index contributed by atoms with van der Waals surface area (Å²) in [5.74, 6) is 0.682. The molecule has 1 fully saturated rings. The standard InChI is InChI=1S/C16H23N5O2/c1-8(2)21-10(4)14-15(19-16(21)17)20(7-18-14)12-5-13(23)11(6-22)9(12)3/h7-8,11-13,22-23H,3-6H2,1-2H3,(H2,17,19)/t11-,12-,13-/m0/s1. The Balaban J connectivity index is 2.01. The average molecular weight is 317 g/mol. The molecule has 0 unspecified atom stereocenters. The molecule has 1 aliphatic heterocycles. The fourth-order valence-electron chi connectivity index (χ4n) is 3.46. The molecule has 4 N–H and O–H groups in total. The van der Waals surface area contributed by atoms with Gasteiger partial charge in [0.05, 0.1) is 30.8 Å². The van der Waals surface area contributed by atoms with Gasteiger partial charge in [-0.05, 0) is 25.8 Å². The Kier molecular flexibility index (Phi) is 3.77. The van der Waals surface area contributed by atoms with E-state index in [0.717, 1.165) is 5.57 Å². The van der Waals surface area contributed by atoms with Gasteiger partial charge in [0.1, 0.15) is 5.69 Å². The highest BCUT2D eigenvalue weighted by molar-refractivity contribution is 5.94. The lowest BCUT2D eigenvalue weighted by atomic mass is 10.0. The van der Waals surface area contributed by atoms with Crippen LogP contribution in [0.1, 0.15) is 32.0 Å². The number of hydrogen-bond acceptors (Lipinski definition) is 6. The molecule has 2 aliphatic rings. The lowest BCUT2D eigenvalue weighted by Crippen LogP contribution is -2.42. The van der Waals surface area contributed by atoms with Gasteiger partial charge in [0, 0.05) is 12.0 Å². The molecule has 7 nitrogen and oxygen atoms in total. The van der Waals surface area contributed by atoms with E-state index in [2.05, 4.69) is 23.1 Å². The maximum Gasteiger partial charge on any atom is 0.202 e. The summed E-state index contributed by atoms with van der Waals surface area (Å²) >= 11 is 0. The van der Waals surface area contributed by atoms with Crippen LogP contribution >= 0.6 is 0 Å². The summed E-state index contributed by atoms with van der Waals surface area (Å²) in [6.45, 7) is 12.0. The minimum Gasteiger partial charge on any atom is -0.396 e. The van der Waals surface area contributed by atoms with Gasteiger partial charge >= 0.3 is 0 Å². The Morgan fingerprint density at radius 1 is 1.43 bits per heavy atom. The van der Waals surface area contributed by atoms with Crippen LogP contribution in [0.15, 0.2) is 30.1 Å². The Morgan fingerprint density at radius 2 is 2.13 bits per heavy atom. The van der Waals surface area contributed by atoms with Crippen molar-refractivity contribution in [2.75, 3.05) is 6.61 Å². The van der Waals surface area contributed by atoms with Gasteiger partial charge in [0.15, 0.2) is 5.82 Å². The summed E-state index contributed by atoms with van der Waals surface area (Å²) < 4.78 is 1.87. The second-order valence-corrected chi connectivity index (χ2v) is 6.39. The van der Waals surface area contributed by atoms with Gasteiger partial charge in [0.25, 0.3) is 0 Å². The second-order valence-electron chi connectivity index (χ2n) is 6.39. The first-order chi connectivity index (χ1) is 10.9.